The quantitative estimate of drug-likeness (QED) is 0.842. The fraction of sp³-hybridized carbons (Fsp3) is 0.385. The van der Waals surface area contributed by atoms with Crippen LogP contribution in [0.25, 0.3) is 0 Å². The van der Waals surface area contributed by atoms with E-state index in [-0.39, 0.29) is 6.04 Å². The molecule has 90 valence electrons. The third kappa shape index (κ3) is 3.67. The first kappa shape index (κ1) is 11.8. The molecule has 2 heterocycles. The van der Waals surface area contributed by atoms with Gasteiger partial charge in [-0.1, -0.05) is 6.07 Å². The van der Waals surface area contributed by atoms with Crippen molar-refractivity contribution in [1.82, 2.24) is 14.8 Å². The Morgan fingerprint density at radius 3 is 2.88 bits per heavy atom. The first-order valence-corrected chi connectivity index (χ1v) is 5.86. The van der Waals surface area contributed by atoms with Crippen molar-refractivity contribution in [2.75, 3.05) is 0 Å². The summed E-state index contributed by atoms with van der Waals surface area (Å²) < 4.78 is 1.81. The molecular weight excluding hydrogens is 212 g/mol. The van der Waals surface area contributed by atoms with Crippen LogP contribution in [0.4, 0.5) is 0 Å². The highest BCUT2D eigenvalue weighted by Crippen LogP contribution is 2.07. The molecule has 0 saturated carbocycles. The van der Waals surface area contributed by atoms with E-state index in [1.807, 2.05) is 36.4 Å². The van der Waals surface area contributed by atoms with Crippen LogP contribution in [0.2, 0.25) is 0 Å². The summed E-state index contributed by atoms with van der Waals surface area (Å²) in [4.78, 5) is 4.10. The van der Waals surface area contributed by atoms with Crippen molar-refractivity contribution >= 4 is 0 Å². The second kappa shape index (κ2) is 5.59. The van der Waals surface area contributed by atoms with Gasteiger partial charge in [0.15, 0.2) is 0 Å². The van der Waals surface area contributed by atoms with Gasteiger partial charge in [-0.3, -0.25) is 9.67 Å². The average Bonchev–Trinajstić information content (AvgIpc) is 2.73. The molecule has 0 aliphatic carbocycles. The van der Waals surface area contributed by atoms with Gasteiger partial charge in [-0.05, 0) is 36.5 Å². The van der Waals surface area contributed by atoms with Gasteiger partial charge in [-0.25, -0.2) is 0 Å². The predicted octanol–water partition coefficient (Wildman–Crippen LogP) is 1.32. The Balaban J connectivity index is 1.80. The van der Waals surface area contributed by atoms with Gasteiger partial charge in [0.25, 0.3) is 0 Å². The lowest BCUT2D eigenvalue weighted by atomic mass is 10.0. The molecule has 0 fully saturated rings. The van der Waals surface area contributed by atoms with Crippen molar-refractivity contribution in [1.29, 1.82) is 0 Å². The van der Waals surface area contributed by atoms with Crippen LogP contribution in [-0.2, 0) is 19.9 Å². The molecule has 4 nitrogen and oxygen atoms in total. The van der Waals surface area contributed by atoms with Crippen LogP contribution >= 0.6 is 0 Å². The van der Waals surface area contributed by atoms with E-state index in [0.29, 0.717) is 0 Å². The molecule has 0 aliphatic rings. The van der Waals surface area contributed by atoms with Gasteiger partial charge < -0.3 is 5.73 Å². The van der Waals surface area contributed by atoms with Gasteiger partial charge in [-0.15, -0.1) is 0 Å². The lowest BCUT2D eigenvalue weighted by Crippen LogP contribution is -2.23. The number of hydrogen-bond acceptors (Lipinski definition) is 3. The maximum Gasteiger partial charge on any atom is 0.0522 e. The Morgan fingerprint density at radius 1 is 1.35 bits per heavy atom. The minimum absolute atomic E-state index is 0.180. The standard InChI is InChI=1S/C13H18N4/c1-17-10-12(9-16-17)7-13(14)5-4-11-3-2-6-15-8-11/h2-3,6,8-10,13H,4-5,7,14H2,1H3. The van der Waals surface area contributed by atoms with E-state index in [1.165, 1.54) is 11.1 Å². The van der Waals surface area contributed by atoms with E-state index in [0.717, 1.165) is 19.3 Å². The van der Waals surface area contributed by atoms with Crippen LogP contribution in [-0.4, -0.2) is 20.8 Å². The normalized spacial score (nSPS) is 12.6. The zero-order valence-electron chi connectivity index (χ0n) is 10.1. The van der Waals surface area contributed by atoms with Crippen LogP contribution < -0.4 is 5.73 Å². The van der Waals surface area contributed by atoms with Crippen molar-refractivity contribution in [2.45, 2.75) is 25.3 Å². The Hall–Kier alpha value is -1.68. The molecule has 0 amide bonds. The molecule has 2 aromatic heterocycles. The van der Waals surface area contributed by atoms with Gasteiger partial charge >= 0.3 is 0 Å². The molecule has 4 heteroatoms. The summed E-state index contributed by atoms with van der Waals surface area (Å²) in [5, 5.41) is 4.14. The molecule has 1 atom stereocenters. The molecule has 2 N–H and O–H groups in total. The summed E-state index contributed by atoms with van der Waals surface area (Å²) in [6.45, 7) is 0. The van der Waals surface area contributed by atoms with Crippen LogP contribution in [0, 0.1) is 0 Å². The topological polar surface area (TPSA) is 56.7 Å². The van der Waals surface area contributed by atoms with Crippen molar-refractivity contribution in [3.63, 3.8) is 0 Å². The number of nitrogens with zero attached hydrogens (tertiary/aromatic N) is 3. The lowest BCUT2D eigenvalue weighted by Gasteiger charge is -2.09. The minimum atomic E-state index is 0.180. The van der Waals surface area contributed by atoms with Gasteiger partial charge in [0.05, 0.1) is 6.20 Å². The third-order valence-corrected chi connectivity index (χ3v) is 2.78. The van der Waals surface area contributed by atoms with E-state index in [4.69, 9.17) is 5.73 Å². The number of aromatic nitrogens is 3. The van der Waals surface area contributed by atoms with Crippen LogP contribution in [0.5, 0.6) is 0 Å². The van der Waals surface area contributed by atoms with E-state index in [1.54, 1.807) is 6.20 Å². The van der Waals surface area contributed by atoms with Gasteiger partial charge in [-0.2, -0.15) is 5.10 Å². The maximum absolute atomic E-state index is 6.11. The Kier molecular flexibility index (Phi) is 3.88. The summed E-state index contributed by atoms with van der Waals surface area (Å²) >= 11 is 0. The van der Waals surface area contributed by atoms with E-state index >= 15 is 0 Å². The number of nitrogens with two attached hydrogens (primary N) is 1. The van der Waals surface area contributed by atoms with Crippen molar-refractivity contribution in [3.8, 4) is 0 Å². The number of hydrogen-bond donors (Lipinski definition) is 1. The molecule has 0 aliphatic heterocycles. The fourth-order valence-corrected chi connectivity index (χ4v) is 1.88. The monoisotopic (exact) mass is 230 g/mol. The highest BCUT2D eigenvalue weighted by Gasteiger charge is 2.06. The molecule has 2 aromatic rings. The van der Waals surface area contributed by atoms with E-state index < -0.39 is 0 Å². The molecule has 0 saturated heterocycles. The average molecular weight is 230 g/mol. The molecule has 1 unspecified atom stereocenters. The van der Waals surface area contributed by atoms with Crippen LogP contribution in [0.1, 0.15) is 17.5 Å². The molecule has 0 radical (unpaired) electrons. The smallest absolute Gasteiger partial charge is 0.0522 e. The second-order valence-corrected chi connectivity index (χ2v) is 4.39. The van der Waals surface area contributed by atoms with E-state index in [2.05, 4.69) is 16.1 Å². The predicted molar refractivity (Wildman–Crippen MR) is 67.4 cm³/mol. The summed E-state index contributed by atoms with van der Waals surface area (Å²) in [5.41, 5.74) is 8.55. The summed E-state index contributed by atoms with van der Waals surface area (Å²) in [6, 6.07) is 4.23. The Labute approximate surface area is 101 Å². The summed E-state index contributed by atoms with van der Waals surface area (Å²) in [6.07, 6.45) is 10.4. The highest BCUT2D eigenvalue weighted by molar-refractivity contribution is 5.10. The highest BCUT2D eigenvalue weighted by atomic mass is 15.2. The van der Waals surface area contributed by atoms with Gasteiger partial charge in [0.1, 0.15) is 0 Å². The number of aryl methyl sites for hydroxylation is 2. The first-order valence-electron chi connectivity index (χ1n) is 5.86. The lowest BCUT2D eigenvalue weighted by molar-refractivity contribution is 0.609. The zero-order valence-corrected chi connectivity index (χ0v) is 10.1. The summed E-state index contributed by atoms with van der Waals surface area (Å²) in [7, 11) is 1.92. The maximum atomic E-state index is 6.11. The third-order valence-electron chi connectivity index (χ3n) is 2.78. The summed E-state index contributed by atoms with van der Waals surface area (Å²) in [5.74, 6) is 0. The SMILES string of the molecule is Cn1cc(CC(N)CCc2cccnc2)cn1. The fourth-order valence-electron chi connectivity index (χ4n) is 1.88. The molecule has 2 rings (SSSR count). The van der Waals surface area contributed by atoms with Crippen molar-refractivity contribution in [2.24, 2.45) is 12.8 Å². The second-order valence-electron chi connectivity index (χ2n) is 4.39. The van der Waals surface area contributed by atoms with Gasteiger partial charge in [0, 0.05) is 31.7 Å². The number of rotatable bonds is 5. The first-order chi connectivity index (χ1) is 8.24. The van der Waals surface area contributed by atoms with Crippen molar-refractivity contribution < 1.29 is 0 Å². The van der Waals surface area contributed by atoms with Gasteiger partial charge in [0.2, 0.25) is 0 Å². The Morgan fingerprint density at radius 2 is 2.24 bits per heavy atom. The molecule has 0 aromatic carbocycles. The molecule has 0 spiro atoms. The molecular formula is C13H18N4. The zero-order chi connectivity index (χ0) is 12.1. The van der Waals surface area contributed by atoms with Crippen molar-refractivity contribution in [3.05, 3.63) is 48.0 Å². The van der Waals surface area contributed by atoms with Crippen LogP contribution in [0.15, 0.2) is 36.9 Å². The van der Waals surface area contributed by atoms with Crippen LogP contribution in [0.3, 0.4) is 0 Å². The molecule has 0 bridgehead atoms. The minimum Gasteiger partial charge on any atom is -0.327 e. The largest absolute Gasteiger partial charge is 0.327 e. The van der Waals surface area contributed by atoms with E-state index in [9.17, 15) is 0 Å². The number of pyridine rings is 1. The molecule has 17 heavy (non-hydrogen) atoms. The Bertz CT molecular complexity index is 449.